The van der Waals surface area contributed by atoms with Crippen LogP contribution in [0.25, 0.3) is 11.1 Å². The lowest BCUT2D eigenvalue weighted by atomic mass is 9.77. The van der Waals surface area contributed by atoms with Crippen LogP contribution in [0.1, 0.15) is 56.2 Å². The molecule has 128 valence electrons. The molecule has 0 aliphatic heterocycles. The molecule has 0 radical (unpaired) electrons. The topological polar surface area (TPSA) is 20.2 Å². The Morgan fingerprint density at radius 1 is 0.920 bits per heavy atom. The summed E-state index contributed by atoms with van der Waals surface area (Å²) in [6, 6.07) is 18.9. The average Bonchev–Trinajstić information content (AvgIpc) is 2.94. The van der Waals surface area contributed by atoms with Crippen molar-refractivity contribution < 1.29 is 5.11 Å². The van der Waals surface area contributed by atoms with Crippen molar-refractivity contribution in [2.75, 3.05) is 0 Å². The van der Waals surface area contributed by atoms with Crippen LogP contribution in [-0.4, -0.2) is 5.11 Å². The first kappa shape index (κ1) is 16.4. The minimum Gasteiger partial charge on any atom is -0.380 e. The third-order valence-corrected chi connectivity index (χ3v) is 5.75. The van der Waals surface area contributed by atoms with E-state index in [9.17, 15) is 5.11 Å². The Hall–Kier alpha value is -2.12. The molecule has 1 nitrogen and oxygen atoms in total. The molecule has 0 saturated carbocycles. The minimum absolute atomic E-state index is 0.102. The van der Waals surface area contributed by atoms with Gasteiger partial charge in [0.25, 0.3) is 0 Å². The molecule has 1 unspecified atom stereocenters. The first-order valence-corrected chi connectivity index (χ1v) is 9.46. The number of fused-ring (bicyclic) bond motifs is 1. The number of allylic oxidation sites excluding steroid dienone is 3. The van der Waals surface area contributed by atoms with Gasteiger partial charge >= 0.3 is 0 Å². The highest BCUT2D eigenvalue weighted by molar-refractivity contribution is 6.06. The summed E-state index contributed by atoms with van der Waals surface area (Å²) in [6.45, 7) is 4.25. The number of aliphatic hydroxyl groups is 1. The highest BCUT2D eigenvalue weighted by Gasteiger charge is 2.46. The fourth-order valence-electron chi connectivity index (χ4n) is 4.46. The molecule has 0 bridgehead atoms. The molecule has 1 heteroatoms. The van der Waals surface area contributed by atoms with Gasteiger partial charge in [-0.25, -0.2) is 0 Å². The van der Waals surface area contributed by atoms with E-state index in [1.807, 2.05) is 12.1 Å². The predicted molar refractivity (Wildman–Crippen MR) is 105 cm³/mol. The van der Waals surface area contributed by atoms with Crippen LogP contribution in [0.3, 0.4) is 0 Å². The van der Waals surface area contributed by atoms with Crippen molar-refractivity contribution in [3.63, 3.8) is 0 Å². The molecule has 0 fully saturated rings. The lowest BCUT2D eigenvalue weighted by molar-refractivity contribution is 0.0535. The van der Waals surface area contributed by atoms with E-state index in [1.54, 1.807) is 0 Å². The van der Waals surface area contributed by atoms with Gasteiger partial charge in [-0.1, -0.05) is 74.5 Å². The summed E-state index contributed by atoms with van der Waals surface area (Å²) in [5.41, 5.74) is 6.25. The molecule has 0 spiro atoms. The first-order valence-electron chi connectivity index (χ1n) is 9.46. The maximum Gasteiger partial charge on any atom is 0.119 e. The maximum atomic E-state index is 11.9. The number of benzene rings is 2. The minimum atomic E-state index is -0.939. The van der Waals surface area contributed by atoms with Gasteiger partial charge in [0.05, 0.1) is 0 Å². The van der Waals surface area contributed by atoms with Gasteiger partial charge in [-0.3, -0.25) is 0 Å². The standard InChI is InChI=1S/C24H26O/c1-17(2)24(25)21-16-10-9-15-20(21)22(18-11-5-3-6-12-18)23(24)19-13-7-4-8-14-19/h4,7-11,13-17,25H,3,5-6,12H2,1-2H3. The van der Waals surface area contributed by atoms with Crippen molar-refractivity contribution in [2.24, 2.45) is 5.92 Å². The Morgan fingerprint density at radius 3 is 2.32 bits per heavy atom. The van der Waals surface area contributed by atoms with E-state index in [1.165, 1.54) is 29.6 Å². The van der Waals surface area contributed by atoms with Gasteiger partial charge in [0.1, 0.15) is 5.60 Å². The van der Waals surface area contributed by atoms with Gasteiger partial charge in [0.15, 0.2) is 0 Å². The SMILES string of the molecule is CC(C)C1(O)C(c2ccccc2)=C(C2=CCCCC2)c2ccccc21. The number of rotatable bonds is 3. The van der Waals surface area contributed by atoms with E-state index < -0.39 is 5.60 Å². The fourth-order valence-corrected chi connectivity index (χ4v) is 4.46. The van der Waals surface area contributed by atoms with Crippen molar-refractivity contribution in [1.29, 1.82) is 0 Å². The van der Waals surface area contributed by atoms with E-state index in [4.69, 9.17) is 0 Å². The molecule has 0 amide bonds. The summed E-state index contributed by atoms with van der Waals surface area (Å²) >= 11 is 0. The van der Waals surface area contributed by atoms with Crippen LogP contribution >= 0.6 is 0 Å². The molecule has 2 aromatic carbocycles. The van der Waals surface area contributed by atoms with Gasteiger partial charge in [-0.05, 0) is 59.4 Å². The molecule has 2 aliphatic carbocycles. The molecule has 2 aliphatic rings. The summed E-state index contributed by atoms with van der Waals surface area (Å²) in [4.78, 5) is 0. The quantitative estimate of drug-likeness (QED) is 0.736. The van der Waals surface area contributed by atoms with Gasteiger partial charge < -0.3 is 5.11 Å². The van der Waals surface area contributed by atoms with Gasteiger partial charge in [-0.15, -0.1) is 0 Å². The van der Waals surface area contributed by atoms with Crippen molar-refractivity contribution >= 4 is 11.1 Å². The third kappa shape index (κ3) is 2.49. The van der Waals surface area contributed by atoms with Crippen LogP contribution in [0.4, 0.5) is 0 Å². The van der Waals surface area contributed by atoms with Crippen molar-refractivity contribution in [3.05, 3.63) is 82.9 Å². The van der Waals surface area contributed by atoms with E-state index >= 15 is 0 Å². The van der Waals surface area contributed by atoms with E-state index in [2.05, 4.69) is 62.4 Å². The van der Waals surface area contributed by atoms with Crippen LogP contribution in [0.15, 0.2) is 66.2 Å². The average molecular weight is 330 g/mol. The molecular weight excluding hydrogens is 304 g/mol. The van der Waals surface area contributed by atoms with E-state index in [-0.39, 0.29) is 5.92 Å². The predicted octanol–water partition coefficient (Wildman–Crippen LogP) is 5.96. The van der Waals surface area contributed by atoms with E-state index in [0.717, 1.165) is 29.5 Å². The lowest BCUT2D eigenvalue weighted by Gasteiger charge is -2.33. The Kier molecular flexibility index (Phi) is 4.13. The second kappa shape index (κ2) is 6.31. The molecule has 1 atom stereocenters. The van der Waals surface area contributed by atoms with Gasteiger partial charge in [0.2, 0.25) is 0 Å². The number of hydrogen-bond acceptors (Lipinski definition) is 1. The molecule has 1 N–H and O–H groups in total. The molecule has 2 aromatic rings. The third-order valence-electron chi connectivity index (χ3n) is 5.75. The van der Waals surface area contributed by atoms with Crippen LogP contribution in [0.2, 0.25) is 0 Å². The summed E-state index contributed by atoms with van der Waals surface area (Å²) in [5.74, 6) is 0.102. The van der Waals surface area contributed by atoms with Crippen molar-refractivity contribution in [3.8, 4) is 0 Å². The molecule has 0 heterocycles. The molecule has 25 heavy (non-hydrogen) atoms. The summed E-state index contributed by atoms with van der Waals surface area (Å²) < 4.78 is 0. The Morgan fingerprint density at radius 2 is 1.64 bits per heavy atom. The Labute approximate surface area is 150 Å². The zero-order valence-electron chi connectivity index (χ0n) is 15.1. The van der Waals surface area contributed by atoms with Crippen LogP contribution in [0.5, 0.6) is 0 Å². The molecule has 4 rings (SSSR count). The monoisotopic (exact) mass is 330 g/mol. The number of hydrogen-bond donors (Lipinski definition) is 1. The second-order valence-corrected chi connectivity index (χ2v) is 7.56. The maximum absolute atomic E-state index is 11.9. The highest BCUT2D eigenvalue weighted by Crippen LogP contribution is 2.56. The Balaban J connectivity index is 2.06. The van der Waals surface area contributed by atoms with Crippen molar-refractivity contribution in [2.45, 2.75) is 45.1 Å². The Bertz CT molecular complexity index is 841. The zero-order chi connectivity index (χ0) is 17.4. The smallest absolute Gasteiger partial charge is 0.119 e. The molecule has 0 aromatic heterocycles. The summed E-state index contributed by atoms with van der Waals surface area (Å²) in [6.07, 6.45) is 7.15. The van der Waals surface area contributed by atoms with E-state index in [0.29, 0.717) is 0 Å². The second-order valence-electron chi connectivity index (χ2n) is 7.56. The van der Waals surface area contributed by atoms with Gasteiger partial charge in [-0.2, -0.15) is 0 Å². The van der Waals surface area contributed by atoms with Crippen LogP contribution in [0, 0.1) is 5.92 Å². The largest absolute Gasteiger partial charge is 0.380 e. The summed E-state index contributed by atoms with van der Waals surface area (Å²) in [7, 11) is 0. The fraction of sp³-hybridized carbons (Fsp3) is 0.333. The first-order chi connectivity index (χ1) is 12.1. The zero-order valence-corrected chi connectivity index (χ0v) is 15.1. The lowest BCUT2D eigenvalue weighted by Crippen LogP contribution is -2.31. The molecular formula is C24H26O. The molecule has 0 saturated heterocycles. The van der Waals surface area contributed by atoms with Gasteiger partial charge in [0, 0.05) is 5.57 Å². The van der Waals surface area contributed by atoms with Crippen LogP contribution < -0.4 is 0 Å². The summed E-state index contributed by atoms with van der Waals surface area (Å²) in [5, 5.41) is 11.9. The normalized spacial score (nSPS) is 23.0. The highest BCUT2D eigenvalue weighted by atomic mass is 16.3. The van der Waals surface area contributed by atoms with Crippen molar-refractivity contribution in [1.82, 2.24) is 0 Å². The van der Waals surface area contributed by atoms with Crippen LogP contribution in [-0.2, 0) is 5.60 Å².